The van der Waals surface area contributed by atoms with Gasteiger partial charge in [-0.2, -0.15) is 0 Å². The Labute approximate surface area is 184 Å². The van der Waals surface area contributed by atoms with Crippen molar-refractivity contribution in [3.05, 3.63) is 90.3 Å². The summed E-state index contributed by atoms with van der Waals surface area (Å²) in [4.78, 5) is 35.4. The minimum absolute atomic E-state index is 0.190. The zero-order valence-corrected chi connectivity index (χ0v) is 17.2. The lowest BCUT2D eigenvalue weighted by Crippen LogP contribution is -2.25. The number of carbonyl (C=O) groups is 2. The van der Waals surface area contributed by atoms with Crippen molar-refractivity contribution in [2.24, 2.45) is 0 Å². The number of rotatable bonds is 5. The Hall–Kier alpha value is -4.26. The number of hydrogen-bond donors (Lipinski definition) is 1. The molecule has 0 atom stereocenters. The van der Waals surface area contributed by atoms with Crippen molar-refractivity contribution in [2.45, 2.75) is 6.54 Å². The van der Waals surface area contributed by atoms with Gasteiger partial charge in [-0.1, -0.05) is 30.3 Å². The highest BCUT2D eigenvalue weighted by atomic mass is 16.6. The monoisotopic (exact) mass is 424 g/mol. The van der Waals surface area contributed by atoms with E-state index in [0.29, 0.717) is 31.0 Å². The molecule has 1 saturated heterocycles. The Bertz CT molecular complexity index is 1310. The van der Waals surface area contributed by atoms with Gasteiger partial charge in [0.25, 0.3) is 5.91 Å². The first-order valence-corrected chi connectivity index (χ1v) is 10.3. The number of para-hydroxylation sites is 1. The Morgan fingerprint density at radius 2 is 1.88 bits per heavy atom. The third kappa shape index (κ3) is 3.88. The van der Waals surface area contributed by atoms with Gasteiger partial charge in [-0.25, -0.2) is 9.78 Å². The molecule has 4 aromatic rings. The van der Waals surface area contributed by atoms with Crippen LogP contribution < -0.4 is 10.2 Å². The quantitative estimate of drug-likeness (QED) is 0.520. The van der Waals surface area contributed by atoms with Gasteiger partial charge in [0.2, 0.25) is 0 Å². The lowest BCUT2D eigenvalue weighted by Gasteiger charge is -2.14. The second-order valence-corrected chi connectivity index (χ2v) is 7.43. The average molecular weight is 424 g/mol. The van der Waals surface area contributed by atoms with Gasteiger partial charge in [-0.05, 0) is 42.0 Å². The van der Waals surface area contributed by atoms with Crippen LogP contribution in [0.25, 0.3) is 22.2 Å². The van der Waals surface area contributed by atoms with Crippen LogP contribution in [0, 0.1) is 0 Å². The number of hydrogen-bond acceptors (Lipinski definition) is 5. The maximum absolute atomic E-state index is 13.2. The lowest BCUT2D eigenvalue weighted by molar-refractivity contribution is 0.0952. The first-order valence-electron chi connectivity index (χ1n) is 10.3. The second-order valence-electron chi connectivity index (χ2n) is 7.43. The van der Waals surface area contributed by atoms with Crippen LogP contribution in [0.15, 0.2) is 79.1 Å². The first kappa shape index (κ1) is 19.7. The molecular formula is C25H20N4O3. The number of ether oxygens (including phenoxy) is 1. The molecule has 0 radical (unpaired) electrons. The van der Waals surface area contributed by atoms with Crippen LogP contribution in [0.2, 0.25) is 0 Å². The van der Waals surface area contributed by atoms with Crippen molar-refractivity contribution >= 4 is 28.6 Å². The molecule has 2 amide bonds. The molecule has 5 rings (SSSR count). The van der Waals surface area contributed by atoms with E-state index in [1.54, 1.807) is 17.3 Å². The molecule has 2 aromatic heterocycles. The van der Waals surface area contributed by atoms with Crippen molar-refractivity contribution in [1.29, 1.82) is 0 Å². The predicted molar refractivity (Wildman–Crippen MR) is 121 cm³/mol. The molecule has 158 valence electrons. The van der Waals surface area contributed by atoms with Crippen LogP contribution in [-0.2, 0) is 11.3 Å². The van der Waals surface area contributed by atoms with Crippen LogP contribution >= 0.6 is 0 Å². The number of amides is 2. The van der Waals surface area contributed by atoms with Crippen LogP contribution in [0.5, 0.6) is 0 Å². The molecule has 2 aromatic carbocycles. The highest BCUT2D eigenvalue weighted by Crippen LogP contribution is 2.25. The fourth-order valence-corrected chi connectivity index (χ4v) is 3.77. The molecule has 7 heteroatoms. The molecule has 3 heterocycles. The SMILES string of the molecule is O=C(NCc1cccc(N2CCOC2=O)c1)c1cc(-c2ccncc2)nc2ccccc12. The number of pyridine rings is 2. The van der Waals surface area contributed by atoms with Gasteiger partial charge >= 0.3 is 6.09 Å². The topological polar surface area (TPSA) is 84.4 Å². The molecule has 1 aliphatic rings. The molecule has 1 N–H and O–H groups in total. The van der Waals surface area contributed by atoms with Crippen LogP contribution in [-0.4, -0.2) is 35.1 Å². The molecule has 32 heavy (non-hydrogen) atoms. The number of fused-ring (bicyclic) bond motifs is 1. The van der Waals surface area contributed by atoms with Gasteiger partial charge in [0, 0.05) is 35.6 Å². The largest absolute Gasteiger partial charge is 0.447 e. The fraction of sp³-hybridized carbons (Fsp3) is 0.120. The Kier molecular flexibility index (Phi) is 5.21. The van der Waals surface area contributed by atoms with Gasteiger partial charge in [0.1, 0.15) is 6.61 Å². The van der Waals surface area contributed by atoms with Crippen molar-refractivity contribution in [3.63, 3.8) is 0 Å². The standard InChI is InChI=1S/C25H20N4O3/c30-24(27-16-17-4-3-5-19(14-17)29-12-13-32-25(29)31)21-15-23(18-8-10-26-11-9-18)28-22-7-2-1-6-20(21)22/h1-11,14-15H,12-13,16H2,(H,27,30). The van der Waals surface area contributed by atoms with E-state index < -0.39 is 0 Å². The number of benzene rings is 2. The van der Waals surface area contributed by atoms with E-state index in [4.69, 9.17) is 9.72 Å². The molecule has 0 unspecified atom stereocenters. The van der Waals surface area contributed by atoms with E-state index in [9.17, 15) is 9.59 Å². The summed E-state index contributed by atoms with van der Waals surface area (Å²) in [6.45, 7) is 1.24. The van der Waals surface area contributed by atoms with Crippen molar-refractivity contribution < 1.29 is 14.3 Å². The number of nitrogens with zero attached hydrogens (tertiary/aromatic N) is 3. The molecule has 0 bridgehead atoms. The zero-order valence-electron chi connectivity index (χ0n) is 17.2. The van der Waals surface area contributed by atoms with Gasteiger partial charge in [0.15, 0.2) is 0 Å². The summed E-state index contributed by atoms with van der Waals surface area (Å²) in [5.74, 6) is -0.190. The summed E-state index contributed by atoms with van der Waals surface area (Å²) < 4.78 is 5.01. The van der Waals surface area contributed by atoms with Gasteiger partial charge in [0.05, 0.1) is 23.3 Å². The third-order valence-corrected chi connectivity index (χ3v) is 5.37. The zero-order chi connectivity index (χ0) is 21.9. The van der Waals surface area contributed by atoms with Crippen LogP contribution in [0.3, 0.4) is 0 Å². The van der Waals surface area contributed by atoms with E-state index in [1.807, 2.05) is 66.7 Å². The molecule has 1 aliphatic heterocycles. The minimum Gasteiger partial charge on any atom is -0.447 e. The van der Waals surface area contributed by atoms with Crippen LogP contribution in [0.1, 0.15) is 15.9 Å². The molecule has 7 nitrogen and oxygen atoms in total. The van der Waals surface area contributed by atoms with E-state index in [0.717, 1.165) is 27.7 Å². The third-order valence-electron chi connectivity index (χ3n) is 5.37. The summed E-state index contributed by atoms with van der Waals surface area (Å²) in [7, 11) is 0. The maximum atomic E-state index is 13.2. The van der Waals surface area contributed by atoms with Crippen molar-refractivity contribution in [3.8, 4) is 11.3 Å². The van der Waals surface area contributed by atoms with Crippen molar-refractivity contribution in [2.75, 3.05) is 18.1 Å². The summed E-state index contributed by atoms with van der Waals surface area (Å²) in [5.41, 5.74) is 4.57. The number of aromatic nitrogens is 2. The summed E-state index contributed by atoms with van der Waals surface area (Å²) >= 11 is 0. The molecular weight excluding hydrogens is 404 g/mol. The fourth-order valence-electron chi connectivity index (χ4n) is 3.77. The average Bonchev–Trinajstić information content (AvgIpc) is 3.28. The smallest absolute Gasteiger partial charge is 0.414 e. The summed E-state index contributed by atoms with van der Waals surface area (Å²) in [6, 6.07) is 20.7. The lowest BCUT2D eigenvalue weighted by atomic mass is 10.0. The molecule has 0 aliphatic carbocycles. The first-order chi connectivity index (χ1) is 15.7. The minimum atomic E-state index is -0.349. The van der Waals surface area contributed by atoms with Crippen molar-refractivity contribution in [1.82, 2.24) is 15.3 Å². The predicted octanol–water partition coefficient (Wildman–Crippen LogP) is 4.18. The molecule has 0 saturated carbocycles. The second kappa shape index (κ2) is 8.47. The van der Waals surface area contributed by atoms with Gasteiger partial charge in [-0.15, -0.1) is 0 Å². The Balaban J connectivity index is 1.41. The maximum Gasteiger partial charge on any atom is 0.414 e. The number of anilines is 1. The van der Waals surface area contributed by atoms with Gasteiger partial charge in [-0.3, -0.25) is 14.7 Å². The van der Waals surface area contributed by atoms with Crippen LogP contribution in [0.4, 0.5) is 10.5 Å². The summed E-state index contributed by atoms with van der Waals surface area (Å²) in [5, 5.41) is 3.79. The summed E-state index contributed by atoms with van der Waals surface area (Å²) in [6.07, 6.45) is 3.06. The van der Waals surface area contributed by atoms with E-state index >= 15 is 0 Å². The van der Waals surface area contributed by atoms with E-state index in [1.165, 1.54) is 0 Å². The number of nitrogens with one attached hydrogen (secondary N) is 1. The Morgan fingerprint density at radius 3 is 2.69 bits per heavy atom. The number of carbonyl (C=O) groups excluding carboxylic acids is 2. The normalized spacial score (nSPS) is 13.2. The molecule has 0 spiro atoms. The Morgan fingerprint density at radius 1 is 1.03 bits per heavy atom. The number of cyclic esters (lactones) is 1. The molecule has 1 fully saturated rings. The highest BCUT2D eigenvalue weighted by molar-refractivity contribution is 6.07. The van der Waals surface area contributed by atoms with E-state index in [-0.39, 0.29) is 12.0 Å². The van der Waals surface area contributed by atoms with E-state index in [2.05, 4.69) is 10.3 Å². The highest BCUT2D eigenvalue weighted by Gasteiger charge is 2.23. The van der Waals surface area contributed by atoms with Gasteiger partial charge < -0.3 is 10.1 Å².